The van der Waals surface area contributed by atoms with Crippen molar-refractivity contribution in [1.29, 1.82) is 0 Å². The number of alkyl halides is 1. The molecule has 1 atom stereocenters. The van der Waals surface area contributed by atoms with Gasteiger partial charge >= 0.3 is 0 Å². The van der Waals surface area contributed by atoms with Gasteiger partial charge in [-0.15, -0.1) is 0 Å². The molecular weight excluding hydrogens is 79.1 g/mol. The Morgan fingerprint density at radius 3 is 2.17 bits per heavy atom. The van der Waals surface area contributed by atoms with Crippen LogP contribution in [-0.2, 0) is 0 Å². The topological polar surface area (TPSA) is 0 Å². The van der Waals surface area contributed by atoms with Crippen LogP contribution in [0.5, 0.6) is 0 Å². The first kappa shape index (κ1) is 5.93. The molecule has 0 bridgehead atoms. The number of hydrogen-bond donors (Lipinski definition) is 0. The standard InChI is InChI=1S/C5H9F/c1-3-4-5(2)6/h5H,1-4H2. The molecule has 2 radical (unpaired) electrons. The molecule has 0 aliphatic rings. The Bertz CT molecular complexity index is 25.1. The van der Waals surface area contributed by atoms with Gasteiger partial charge in [0.1, 0.15) is 6.17 Å². The van der Waals surface area contributed by atoms with E-state index in [-0.39, 0.29) is 0 Å². The van der Waals surface area contributed by atoms with Gasteiger partial charge in [-0.05, 0) is 13.3 Å². The fourth-order valence-electron chi connectivity index (χ4n) is 0.221. The van der Waals surface area contributed by atoms with Gasteiger partial charge in [-0.1, -0.05) is 13.3 Å². The summed E-state index contributed by atoms with van der Waals surface area (Å²) in [6.07, 6.45) is 0.215. The molecule has 0 aromatic rings. The molecule has 0 aromatic carbocycles. The van der Waals surface area contributed by atoms with Gasteiger partial charge in [-0.3, -0.25) is 0 Å². The van der Waals surface area contributed by atoms with Crippen molar-refractivity contribution in [2.24, 2.45) is 0 Å². The highest BCUT2D eigenvalue weighted by molar-refractivity contribution is 4.56. The lowest BCUT2D eigenvalue weighted by Crippen LogP contribution is -1.88. The van der Waals surface area contributed by atoms with Crippen molar-refractivity contribution < 1.29 is 4.39 Å². The zero-order valence-corrected chi connectivity index (χ0v) is 3.78. The van der Waals surface area contributed by atoms with Crippen LogP contribution >= 0.6 is 0 Å². The molecule has 0 spiro atoms. The molecule has 1 heteroatoms. The second-order valence-electron chi connectivity index (χ2n) is 1.24. The molecule has 0 nitrogen and oxygen atoms in total. The van der Waals surface area contributed by atoms with Crippen LogP contribution in [0.1, 0.15) is 12.8 Å². The Hall–Kier alpha value is -0.0700. The van der Waals surface area contributed by atoms with Crippen molar-refractivity contribution >= 4 is 0 Å². The Morgan fingerprint density at radius 2 is 2.17 bits per heavy atom. The van der Waals surface area contributed by atoms with E-state index < -0.39 is 6.17 Å². The normalized spacial score (nSPS) is 14.5. The average Bonchev–Trinajstić information content (AvgIpc) is 1.35. The van der Waals surface area contributed by atoms with Gasteiger partial charge in [0.25, 0.3) is 0 Å². The molecule has 0 N–H and O–H groups in total. The summed E-state index contributed by atoms with van der Waals surface area (Å²) in [4.78, 5) is 0. The van der Waals surface area contributed by atoms with Crippen molar-refractivity contribution in [1.82, 2.24) is 0 Å². The Balaban J connectivity index is 2.63. The molecule has 0 aliphatic heterocycles. The summed E-state index contributed by atoms with van der Waals surface area (Å²) in [6.45, 7) is 6.57. The number of rotatable bonds is 2. The minimum absolute atomic E-state index is 0.486. The van der Waals surface area contributed by atoms with Crippen LogP contribution in [0.15, 0.2) is 0 Å². The predicted octanol–water partition coefficient (Wildman–Crippen LogP) is 1.77. The molecule has 0 fully saturated rings. The van der Waals surface area contributed by atoms with E-state index in [1.54, 1.807) is 0 Å². The van der Waals surface area contributed by atoms with E-state index in [0.29, 0.717) is 12.8 Å². The summed E-state index contributed by atoms with van der Waals surface area (Å²) in [5.74, 6) is 0. The SMILES string of the molecule is [CH2]CCC([CH2])F. The van der Waals surface area contributed by atoms with Gasteiger partial charge in [0.15, 0.2) is 0 Å². The molecule has 0 aliphatic carbocycles. The van der Waals surface area contributed by atoms with Gasteiger partial charge in [0.2, 0.25) is 0 Å². The van der Waals surface area contributed by atoms with Gasteiger partial charge < -0.3 is 0 Å². The molecule has 0 aromatic heterocycles. The highest BCUT2D eigenvalue weighted by Crippen LogP contribution is 1.96. The maximum absolute atomic E-state index is 11.6. The molecule has 0 saturated carbocycles. The summed E-state index contributed by atoms with van der Waals surface area (Å²) in [6, 6.07) is 0. The quantitative estimate of drug-likeness (QED) is 0.482. The maximum Gasteiger partial charge on any atom is 0.100 e. The highest BCUT2D eigenvalue weighted by atomic mass is 19.1. The summed E-state index contributed by atoms with van der Waals surface area (Å²) >= 11 is 0. The van der Waals surface area contributed by atoms with E-state index in [2.05, 4.69) is 13.8 Å². The van der Waals surface area contributed by atoms with Crippen molar-refractivity contribution in [3.63, 3.8) is 0 Å². The van der Waals surface area contributed by atoms with E-state index in [0.717, 1.165) is 0 Å². The summed E-state index contributed by atoms with van der Waals surface area (Å²) in [5, 5.41) is 0. The van der Waals surface area contributed by atoms with Crippen LogP contribution in [0.4, 0.5) is 4.39 Å². The van der Waals surface area contributed by atoms with Crippen molar-refractivity contribution in [2.45, 2.75) is 19.0 Å². The van der Waals surface area contributed by atoms with Crippen LogP contribution in [0, 0.1) is 13.8 Å². The second kappa shape index (κ2) is 3.13. The third-order valence-electron chi connectivity index (χ3n) is 0.517. The Kier molecular flexibility index (Phi) is 3.10. The zero-order valence-electron chi connectivity index (χ0n) is 3.78. The molecule has 6 heavy (non-hydrogen) atoms. The van der Waals surface area contributed by atoms with Gasteiger partial charge in [-0.25, -0.2) is 4.39 Å². The molecular formula is C5H9F. The van der Waals surface area contributed by atoms with E-state index in [1.807, 2.05) is 0 Å². The molecule has 0 saturated heterocycles. The summed E-state index contributed by atoms with van der Waals surface area (Å²) < 4.78 is 11.6. The first-order valence-corrected chi connectivity index (χ1v) is 2.03. The first-order chi connectivity index (χ1) is 2.77. The Morgan fingerprint density at radius 1 is 1.67 bits per heavy atom. The Labute approximate surface area is 38.4 Å². The maximum atomic E-state index is 11.6. The highest BCUT2D eigenvalue weighted by Gasteiger charge is 1.90. The fourth-order valence-corrected chi connectivity index (χ4v) is 0.221. The second-order valence-corrected chi connectivity index (χ2v) is 1.24. The molecule has 0 rings (SSSR count). The zero-order chi connectivity index (χ0) is 4.99. The van der Waals surface area contributed by atoms with Crippen LogP contribution in [0.2, 0.25) is 0 Å². The van der Waals surface area contributed by atoms with Gasteiger partial charge in [-0.2, -0.15) is 0 Å². The van der Waals surface area contributed by atoms with E-state index in [4.69, 9.17) is 0 Å². The van der Waals surface area contributed by atoms with Crippen LogP contribution in [0.25, 0.3) is 0 Å². The minimum Gasteiger partial charge on any atom is -0.247 e. The van der Waals surface area contributed by atoms with Crippen LogP contribution in [-0.4, -0.2) is 6.17 Å². The van der Waals surface area contributed by atoms with E-state index >= 15 is 0 Å². The van der Waals surface area contributed by atoms with E-state index in [9.17, 15) is 4.39 Å². The lowest BCUT2D eigenvalue weighted by atomic mass is 10.2. The smallest absolute Gasteiger partial charge is 0.100 e. The fraction of sp³-hybridized carbons (Fsp3) is 0.600. The molecule has 0 amide bonds. The first-order valence-electron chi connectivity index (χ1n) is 2.03. The third kappa shape index (κ3) is 3.93. The van der Waals surface area contributed by atoms with Crippen molar-refractivity contribution in [2.75, 3.05) is 0 Å². The van der Waals surface area contributed by atoms with Gasteiger partial charge in [0.05, 0.1) is 0 Å². The molecule has 36 valence electrons. The van der Waals surface area contributed by atoms with Crippen molar-refractivity contribution in [3.8, 4) is 0 Å². The van der Waals surface area contributed by atoms with Gasteiger partial charge in [0, 0.05) is 0 Å². The monoisotopic (exact) mass is 88.1 g/mol. The summed E-state index contributed by atoms with van der Waals surface area (Å²) in [5.41, 5.74) is 0. The predicted molar refractivity (Wildman–Crippen MR) is 24.8 cm³/mol. The number of halogens is 1. The largest absolute Gasteiger partial charge is 0.247 e. The molecule has 1 unspecified atom stereocenters. The van der Waals surface area contributed by atoms with Crippen LogP contribution < -0.4 is 0 Å². The van der Waals surface area contributed by atoms with E-state index in [1.165, 1.54) is 0 Å². The minimum atomic E-state index is -0.914. The lowest BCUT2D eigenvalue weighted by Gasteiger charge is -1.91. The number of hydrogen-bond acceptors (Lipinski definition) is 0. The average molecular weight is 88.1 g/mol. The molecule has 0 heterocycles. The van der Waals surface area contributed by atoms with Crippen molar-refractivity contribution in [3.05, 3.63) is 13.8 Å². The summed E-state index contributed by atoms with van der Waals surface area (Å²) in [7, 11) is 0. The third-order valence-corrected chi connectivity index (χ3v) is 0.517. The lowest BCUT2D eigenvalue weighted by molar-refractivity contribution is 0.377. The van der Waals surface area contributed by atoms with Crippen LogP contribution in [0.3, 0.4) is 0 Å².